The number of carbonyl (C=O) groups is 2. The molecule has 0 aliphatic heterocycles. The Kier molecular flexibility index (Phi) is 6.86. The number of anilines is 1. The van der Waals surface area contributed by atoms with Crippen molar-refractivity contribution in [2.75, 3.05) is 17.7 Å². The molecule has 0 unspecified atom stereocenters. The van der Waals surface area contributed by atoms with Crippen LogP contribution in [0.3, 0.4) is 0 Å². The first-order chi connectivity index (χ1) is 15.1. The van der Waals surface area contributed by atoms with E-state index in [-0.39, 0.29) is 18.3 Å². The maximum Gasteiger partial charge on any atom is 0.341 e. The Hall–Kier alpha value is -2.47. The van der Waals surface area contributed by atoms with Gasteiger partial charge in [-0.3, -0.25) is 4.79 Å². The second-order valence-corrected chi connectivity index (χ2v) is 9.95. The van der Waals surface area contributed by atoms with Crippen molar-refractivity contribution < 1.29 is 14.3 Å². The minimum absolute atomic E-state index is 0.144. The highest BCUT2D eigenvalue weighted by Gasteiger charge is 2.23. The molecule has 0 radical (unpaired) electrons. The number of hydrogen-bond donors (Lipinski definition) is 1. The van der Waals surface area contributed by atoms with Crippen molar-refractivity contribution >= 4 is 62.6 Å². The zero-order valence-corrected chi connectivity index (χ0v) is 19.9. The molecule has 4 aromatic heterocycles. The molecule has 160 valence electrons. The lowest BCUT2D eigenvalue weighted by atomic mass is 10.1. The number of hydrogen-bond acceptors (Lipinski definition) is 9. The maximum atomic E-state index is 12.6. The van der Waals surface area contributed by atoms with Crippen LogP contribution in [0.15, 0.2) is 45.6 Å². The summed E-state index contributed by atoms with van der Waals surface area (Å²) in [5, 5.41) is 18.2. The highest BCUT2D eigenvalue weighted by atomic mass is 32.2. The monoisotopic (exact) mass is 490 g/mol. The van der Waals surface area contributed by atoms with Crippen LogP contribution in [0.2, 0.25) is 0 Å². The van der Waals surface area contributed by atoms with Gasteiger partial charge in [0.05, 0.1) is 17.2 Å². The van der Waals surface area contributed by atoms with Crippen LogP contribution >= 0.6 is 45.8 Å². The van der Waals surface area contributed by atoms with Gasteiger partial charge in [-0.15, -0.1) is 44.2 Å². The van der Waals surface area contributed by atoms with Crippen molar-refractivity contribution in [1.82, 2.24) is 14.8 Å². The molecule has 0 atom stereocenters. The number of aromatic nitrogens is 3. The quantitative estimate of drug-likeness (QED) is 0.268. The Morgan fingerprint density at radius 3 is 2.55 bits per heavy atom. The van der Waals surface area contributed by atoms with Crippen molar-refractivity contribution in [3.63, 3.8) is 0 Å². The Morgan fingerprint density at radius 1 is 1.13 bits per heavy atom. The molecular weight excluding hydrogens is 473 g/mol. The lowest BCUT2D eigenvalue weighted by Gasteiger charge is -2.08. The lowest BCUT2D eigenvalue weighted by Crippen LogP contribution is -2.16. The lowest BCUT2D eigenvalue weighted by molar-refractivity contribution is -0.113. The van der Waals surface area contributed by atoms with E-state index < -0.39 is 5.97 Å². The van der Waals surface area contributed by atoms with E-state index in [1.807, 2.05) is 52.0 Å². The van der Waals surface area contributed by atoms with Crippen LogP contribution in [0.1, 0.15) is 17.3 Å². The van der Waals surface area contributed by atoms with Crippen LogP contribution in [0.5, 0.6) is 0 Å². The summed E-state index contributed by atoms with van der Waals surface area (Å²) in [6, 6.07) is 7.80. The molecule has 0 aromatic carbocycles. The number of carbonyl (C=O) groups excluding carboxylic acids is 2. The summed E-state index contributed by atoms with van der Waals surface area (Å²) < 4.78 is 7.09. The van der Waals surface area contributed by atoms with Gasteiger partial charge in [0.1, 0.15) is 10.6 Å². The fourth-order valence-corrected chi connectivity index (χ4v) is 6.07. The standard InChI is InChI=1S/C20H18N4O3S4/c1-3-27-19(26)16-12(13-6-4-8-28-13)10-30-18(16)21-15(25)11-31-20-23-22-17(24(20)2)14-7-5-9-29-14/h4-10H,3,11H2,1-2H3,(H,21,25). The molecule has 0 aliphatic rings. The van der Waals surface area contributed by atoms with E-state index in [9.17, 15) is 9.59 Å². The Balaban J connectivity index is 1.47. The van der Waals surface area contributed by atoms with Crippen molar-refractivity contribution in [2.45, 2.75) is 12.1 Å². The zero-order valence-electron chi connectivity index (χ0n) is 16.7. The highest BCUT2D eigenvalue weighted by Crippen LogP contribution is 2.38. The fraction of sp³-hybridized carbons (Fsp3) is 0.200. The summed E-state index contributed by atoms with van der Waals surface area (Å²) >= 11 is 5.73. The van der Waals surface area contributed by atoms with Gasteiger partial charge in [0.25, 0.3) is 0 Å². The number of nitrogens with zero attached hydrogens (tertiary/aromatic N) is 3. The predicted molar refractivity (Wildman–Crippen MR) is 127 cm³/mol. The third kappa shape index (κ3) is 4.74. The molecule has 4 aromatic rings. The van der Waals surface area contributed by atoms with Crippen molar-refractivity contribution in [1.29, 1.82) is 0 Å². The van der Waals surface area contributed by atoms with E-state index in [1.54, 1.807) is 18.3 Å². The Bertz CT molecular complexity index is 1180. The second kappa shape index (κ2) is 9.77. The largest absolute Gasteiger partial charge is 0.462 e. The summed E-state index contributed by atoms with van der Waals surface area (Å²) in [5.74, 6) is 0.242. The molecule has 1 N–H and O–H groups in total. The van der Waals surface area contributed by atoms with Crippen LogP contribution in [-0.4, -0.2) is 39.0 Å². The normalized spacial score (nSPS) is 10.9. The van der Waals surface area contributed by atoms with Gasteiger partial charge in [-0.1, -0.05) is 23.9 Å². The molecule has 7 nitrogen and oxygen atoms in total. The average Bonchev–Trinajstić information content (AvgIpc) is 3.53. The molecular formula is C20H18N4O3S4. The van der Waals surface area contributed by atoms with Gasteiger partial charge < -0.3 is 14.6 Å². The van der Waals surface area contributed by atoms with Gasteiger partial charge in [0.2, 0.25) is 5.91 Å². The van der Waals surface area contributed by atoms with E-state index in [1.165, 1.54) is 34.4 Å². The van der Waals surface area contributed by atoms with Gasteiger partial charge in [-0.05, 0) is 29.8 Å². The van der Waals surface area contributed by atoms with E-state index in [4.69, 9.17) is 4.74 Å². The molecule has 0 saturated carbocycles. The average molecular weight is 491 g/mol. The van der Waals surface area contributed by atoms with E-state index in [2.05, 4.69) is 15.5 Å². The maximum absolute atomic E-state index is 12.6. The number of rotatable bonds is 8. The zero-order chi connectivity index (χ0) is 21.8. The van der Waals surface area contributed by atoms with Crippen LogP contribution in [0.4, 0.5) is 5.00 Å². The SMILES string of the molecule is CCOC(=O)c1c(-c2cccs2)csc1NC(=O)CSc1nnc(-c2cccs2)n1C. The van der Waals surface area contributed by atoms with Crippen molar-refractivity contribution in [2.24, 2.45) is 7.05 Å². The predicted octanol–water partition coefficient (Wildman–Crippen LogP) is 5.24. The van der Waals surface area contributed by atoms with Gasteiger partial charge >= 0.3 is 5.97 Å². The summed E-state index contributed by atoms with van der Waals surface area (Å²) in [4.78, 5) is 27.2. The minimum atomic E-state index is -0.441. The first-order valence-electron chi connectivity index (χ1n) is 9.26. The Labute approximate surface area is 195 Å². The third-order valence-corrected chi connectivity index (χ3v) is 7.90. The number of thiophene rings is 3. The molecule has 31 heavy (non-hydrogen) atoms. The van der Waals surface area contributed by atoms with Crippen molar-refractivity contribution in [3.05, 3.63) is 46.0 Å². The molecule has 0 saturated heterocycles. The van der Waals surface area contributed by atoms with E-state index in [0.29, 0.717) is 15.7 Å². The fourth-order valence-electron chi connectivity index (χ4n) is 2.82. The number of nitrogens with one attached hydrogen (secondary N) is 1. The summed E-state index contributed by atoms with van der Waals surface area (Å²) in [6.45, 7) is 2.02. The molecule has 11 heteroatoms. The molecule has 0 aliphatic carbocycles. The number of thioether (sulfide) groups is 1. The van der Waals surface area contributed by atoms with Gasteiger partial charge in [-0.2, -0.15) is 0 Å². The van der Waals surface area contributed by atoms with Crippen LogP contribution in [0.25, 0.3) is 21.1 Å². The molecule has 4 rings (SSSR count). The third-order valence-electron chi connectivity index (χ3n) is 4.22. The molecule has 0 fully saturated rings. The van der Waals surface area contributed by atoms with Crippen LogP contribution in [0, 0.1) is 0 Å². The summed E-state index contributed by atoms with van der Waals surface area (Å²) in [6.07, 6.45) is 0. The molecule has 4 heterocycles. The van der Waals surface area contributed by atoms with E-state index >= 15 is 0 Å². The minimum Gasteiger partial charge on any atom is -0.462 e. The second-order valence-electron chi connectivity index (χ2n) is 6.23. The number of esters is 1. The number of amides is 1. The first kappa shape index (κ1) is 21.8. The smallest absolute Gasteiger partial charge is 0.341 e. The number of ether oxygens (including phenoxy) is 1. The van der Waals surface area contributed by atoms with Crippen molar-refractivity contribution in [3.8, 4) is 21.1 Å². The molecule has 0 spiro atoms. The summed E-state index contributed by atoms with van der Waals surface area (Å²) in [5.41, 5.74) is 1.17. The first-order valence-corrected chi connectivity index (χ1v) is 12.9. The van der Waals surface area contributed by atoms with Gasteiger partial charge in [0.15, 0.2) is 11.0 Å². The van der Waals surface area contributed by atoms with Crippen LogP contribution in [-0.2, 0) is 16.6 Å². The highest BCUT2D eigenvalue weighted by molar-refractivity contribution is 7.99. The van der Waals surface area contributed by atoms with Crippen LogP contribution < -0.4 is 5.32 Å². The van der Waals surface area contributed by atoms with Gasteiger partial charge in [-0.25, -0.2) is 4.79 Å². The molecule has 1 amide bonds. The molecule has 0 bridgehead atoms. The summed E-state index contributed by atoms with van der Waals surface area (Å²) in [7, 11) is 1.88. The van der Waals surface area contributed by atoms with E-state index in [0.717, 1.165) is 21.1 Å². The van der Waals surface area contributed by atoms with Gasteiger partial charge in [0, 0.05) is 22.9 Å². The topological polar surface area (TPSA) is 86.1 Å². The Morgan fingerprint density at radius 2 is 1.87 bits per heavy atom.